The molecule has 1 atom stereocenters. The highest BCUT2D eigenvalue weighted by Gasteiger charge is 2.26. The molecule has 33 heavy (non-hydrogen) atoms. The number of hydrogen-bond acceptors (Lipinski definition) is 5. The Morgan fingerprint density at radius 3 is 2.73 bits per heavy atom. The van der Waals surface area contributed by atoms with Gasteiger partial charge in [-0.1, -0.05) is 11.6 Å². The second-order valence-electron chi connectivity index (χ2n) is 7.80. The molecule has 1 unspecified atom stereocenters. The molecular weight excluding hydrogens is 464 g/mol. The molecule has 0 fully saturated rings. The van der Waals surface area contributed by atoms with Crippen molar-refractivity contribution in [1.82, 2.24) is 15.1 Å². The van der Waals surface area contributed by atoms with Gasteiger partial charge in [0, 0.05) is 29.6 Å². The SMILES string of the molecule is CCOc1ccc(NS(=O)(=O)c2cc(C(=O)NC3CCCc4c3cnn4C)ccc2Cl)cc1. The molecule has 0 radical (unpaired) electrons. The van der Waals surface area contributed by atoms with Crippen LogP contribution in [0.1, 0.15) is 47.4 Å². The molecule has 10 heteroatoms. The van der Waals surface area contributed by atoms with Crippen molar-refractivity contribution in [1.29, 1.82) is 0 Å². The van der Waals surface area contributed by atoms with E-state index in [9.17, 15) is 13.2 Å². The number of hydrogen-bond donors (Lipinski definition) is 2. The quantitative estimate of drug-likeness (QED) is 0.521. The van der Waals surface area contributed by atoms with Crippen LogP contribution >= 0.6 is 11.6 Å². The number of anilines is 1. The van der Waals surface area contributed by atoms with Crippen LogP contribution in [0.2, 0.25) is 5.02 Å². The summed E-state index contributed by atoms with van der Waals surface area (Å²) in [5.41, 5.74) is 2.67. The molecule has 1 heterocycles. The molecule has 0 aliphatic heterocycles. The maximum Gasteiger partial charge on any atom is 0.263 e. The van der Waals surface area contributed by atoms with Crippen molar-refractivity contribution in [3.05, 3.63) is 70.5 Å². The second-order valence-corrected chi connectivity index (χ2v) is 9.85. The van der Waals surface area contributed by atoms with Gasteiger partial charge in [0.05, 0.1) is 23.9 Å². The third kappa shape index (κ3) is 4.99. The Bertz CT molecular complexity index is 1270. The summed E-state index contributed by atoms with van der Waals surface area (Å²) >= 11 is 6.20. The summed E-state index contributed by atoms with van der Waals surface area (Å²) in [6.45, 7) is 2.38. The Morgan fingerprint density at radius 2 is 2.00 bits per heavy atom. The lowest BCUT2D eigenvalue weighted by Crippen LogP contribution is -2.31. The van der Waals surface area contributed by atoms with Crippen molar-refractivity contribution in [2.75, 3.05) is 11.3 Å². The van der Waals surface area contributed by atoms with Gasteiger partial charge < -0.3 is 10.1 Å². The number of benzene rings is 2. The van der Waals surface area contributed by atoms with E-state index in [0.29, 0.717) is 18.0 Å². The number of sulfonamides is 1. The number of carbonyl (C=O) groups is 1. The van der Waals surface area contributed by atoms with E-state index in [-0.39, 0.29) is 27.4 Å². The summed E-state index contributed by atoms with van der Waals surface area (Å²) in [5.74, 6) is 0.266. The molecule has 0 bridgehead atoms. The van der Waals surface area contributed by atoms with Gasteiger partial charge in [-0.25, -0.2) is 8.42 Å². The average Bonchev–Trinajstić information content (AvgIpc) is 3.17. The van der Waals surface area contributed by atoms with Crippen molar-refractivity contribution < 1.29 is 17.9 Å². The fourth-order valence-electron chi connectivity index (χ4n) is 3.94. The van der Waals surface area contributed by atoms with Gasteiger partial charge in [-0.05, 0) is 68.7 Å². The summed E-state index contributed by atoms with van der Waals surface area (Å²) in [6.07, 6.45) is 4.42. The van der Waals surface area contributed by atoms with Gasteiger partial charge in [-0.2, -0.15) is 5.10 Å². The second kappa shape index (κ2) is 9.44. The van der Waals surface area contributed by atoms with E-state index in [0.717, 1.165) is 30.5 Å². The van der Waals surface area contributed by atoms with Crippen LogP contribution in [0.15, 0.2) is 53.6 Å². The van der Waals surface area contributed by atoms with Crippen LogP contribution in [0.25, 0.3) is 0 Å². The first-order chi connectivity index (χ1) is 15.8. The van der Waals surface area contributed by atoms with Gasteiger partial charge in [0.15, 0.2) is 0 Å². The number of nitrogens with zero attached hydrogens (tertiary/aromatic N) is 2. The Morgan fingerprint density at radius 1 is 1.24 bits per heavy atom. The molecule has 1 aromatic heterocycles. The summed E-state index contributed by atoms with van der Waals surface area (Å²) in [7, 11) is -2.13. The first kappa shape index (κ1) is 23.1. The summed E-state index contributed by atoms with van der Waals surface area (Å²) in [5, 5.41) is 7.33. The summed E-state index contributed by atoms with van der Waals surface area (Å²) in [6, 6.07) is 10.6. The number of rotatable bonds is 7. The normalized spacial score (nSPS) is 15.5. The molecule has 1 amide bonds. The zero-order valence-electron chi connectivity index (χ0n) is 18.3. The molecule has 0 spiro atoms. The van der Waals surface area contributed by atoms with Crippen molar-refractivity contribution in [2.24, 2.45) is 7.05 Å². The average molecular weight is 489 g/mol. The molecule has 1 aliphatic rings. The van der Waals surface area contributed by atoms with Crippen LogP contribution in [0, 0.1) is 0 Å². The fraction of sp³-hybridized carbons (Fsp3) is 0.304. The Balaban J connectivity index is 1.54. The van der Waals surface area contributed by atoms with Crippen molar-refractivity contribution in [3.63, 3.8) is 0 Å². The van der Waals surface area contributed by atoms with Crippen LogP contribution < -0.4 is 14.8 Å². The zero-order chi connectivity index (χ0) is 23.6. The number of carbonyl (C=O) groups excluding carboxylic acids is 1. The minimum absolute atomic E-state index is 0.0252. The number of amides is 1. The number of ether oxygens (including phenoxy) is 1. The molecule has 2 aromatic carbocycles. The Labute approximate surface area is 198 Å². The van der Waals surface area contributed by atoms with Crippen LogP contribution in [0.3, 0.4) is 0 Å². The van der Waals surface area contributed by atoms with Crippen LogP contribution in [0.5, 0.6) is 5.75 Å². The van der Waals surface area contributed by atoms with Gasteiger partial charge in [-0.15, -0.1) is 0 Å². The Hall–Kier alpha value is -3.04. The number of aromatic nitrogens is 2. The maximum absolute atomic E-state index is 13.0. The fourth-order valence-corrected chi connectivity index (χ4v) is 5.53. The number of aryl methyl sites for hydroxylation is 1. The van der Waals surface area contributed by atoms with Crippen molar-refractivity contribution in [2.45, 2.75) is 37.1 Å². The van der Waals surface area contributed by atoms with Crippen molar-refractivity contribution >= 4 is 33.2 Å². The van der Waals surface area contributed by atoms with E-state index in [1.54, 1.807) is 30.5 Å². The summed E-state index contributed by atoms with van der Waals surface area (Å²) < 4.78 is 35.7. The van der Waals surface area contributed by atoms with E-state index in [4.69, 9.17) is 16.3 Å². The highest BCUT2D eigenvalue weighted by molar-refractivity contribution is 7.92. The number of nitrogens with one attached hydrogen (secondary N) is 2. The Kier molecular flexibility index (Phi) is 6.62. The molecular formula is C23H25ClN4O4S. The zero-order valence-corrected chi connectivity index (χ0v) is 19.9. The van der Waals surface area contributed by atoms with Gasteiger partial charge in [0.25, 0.3) is 15.9 Å². The predicted octanol–water partition coefficient (Wildman–Crippen LogP) is 4.08. The van der Waals surface area contributed by atoms with Gasteiger partial charge in [0.2, 0.25) is 0 Å². The number of fused-ring (bicyclic) bond motifs is 1. The molecule has 3 aromatic rings. The molecule has 2 N–H and O–H groups in total. The maximum atomic E-state index is 13.0. The molecule has 1 aliphatic carbocycles. The van der Waals surface area contributed by atoms with Gasteiger partial charge in [0.1, 0.15) is 10.6 Å². The van der Waals surface area contributed by atoms with Crippen LogP contribution in [-0.4, -0.2) is 30.7 Å². The largest absolute Gasteiger partial charge is 0.494 e. The predicted molar refractivity (Wildman–Crippen MR) is 126 cm³/mol. The standard InChI is InChI=1S/C23H25ClN4O4S/c1-3-32-17-10-8-16(9-11-17)27-33(30,31)22-13-15(7-12-19(22)24)23(29)26-20-5-4-6-21-18(20)14-25-28(21)2/h7-14,20,27H,3-6H2,1-2H3,(H,26,29). The minimum atomic E-state index is -4.02. The third-order valence-electron chi connectivity index (χ3n) is 5.58. The van der Waals surface area contributed by atoms with E-state index < -0.39 is 10.0 Å². The lowest BCUT2D eigenvalue weighted by atomic mass is 9.93. The molecule has 0 saturated heterocycles. The molecule has 174 valence electrons. The van der Waals surface area contributed by atoms with E-state index >= 15 is 0 Å². The highest BCUT2D eigenvalue weighted by Crippen LogP contribution is 2.30. The number of halogens is 1. The lowest BCUT2D eigenvalue weighted by Gasteiger charge is -2.24. The van der Waals surface area contributed by atoms with Gasteiger partial charge in [-0.3, -0.25) is 14.2 Å². The first-order valence-corrected chi connectivity index (χ1v) is 12.5. The van der Waals surface area contributed by atoms with E-state index in [2.05, 4.69) is 15.1 Å². The van der Waals surface area contributed by atoms with Crippen molar-refractivity contribution in [3.8, 4) is 5.75 Å². The molecule has 4 rings (SSSR count). The topological polar surface area (TPSA) is 102 Å². The summed E-state index contributed by atoms with van der Waals surface area (Å²) in [4.78, 5) is 12.8. The van der Waals surface area contributed by atoms with E-state index in [1.165, 1.54) is 18.2 Å². The lowest BCUT2D eigenvalue weighted by molar-refractivity contribution is 0.0932. The van der Waals surface area contributed by atoms with E-state index in [1.807, 2.05) is 18.7 Å². The molecule has 0 saturated carbocycles. The van der Waals surface area contributed by atoms with Crippen LogP contribution in [-0.2, 0) is 23.5 Å². The first-order valence-electron chi connectivity index (χ1n) is 10.7. The molecule has 8 nitrogen and oxygen atoms in total. The smallest absolute Gasteiger partial charge is 0.263 e. The minimum Gasteiger partial charge on any atom is -0.494 e. The highest BCUT2D eigenvalue weighted by atomic mass is 35.5. The monoisotopic (exact) mass is 488 g/mol. The van der Waals surface area contributed by atoms with Crippen LogP contribution in [0.4, 0.5) is 5.69 Å². The van der Waals surface area contributed by atoms with Gasteiger partial charge >= 0.3 is 0 Å². The third-order valence-corrected chi connectivity index (χ3v) is 7.44.